The Hall–Kier alpha value is -2.69. The Labute approximate surface area is 148 Å². The van der Waals surface area contributed by atoms with Crippen molar-refractivity contribution in [1.82, 2.24) is 9.97 Å². The first-order valence-corrected chi connectivity index (χ1v) is 8.70. The quantitative estimate of drug-likeness (QED) is 0.370. The molecule has 0 radical (unpaired) electrons. The highest BCUT2D eigenvalue weighted by molar-refractivity contribution is 6.13. The van der Waals surface area contributed by atoms with E-state index in [1.54, 1.807) is 6.20 Å². The summed E-state index contributed by atoms with van der Waals surface area (Å²) in [5, 5.41) is 3.12. The minimum Gasteiger partial charge on any atom is -0.388 e. The zero-order valence-electron chi connectivity index (χ0n) is 14.6. The van der Waals surface area contributed by atoms with Gasteiger partial charge >= 0.3 is 0 Å². The maximum atomic E-state index is 11.5. The zero-order chi connectivity index (χ0) is 17.9. The van der Waals surface area contributed by atoms with Crippen molar-refractivity contribution in [2.45, 2.75) is 38.5 Å². The highest BCUT2D eigenvalue weighted by Gasteiger charge is 2.07. The van der Waals surface area contributed by atoms with Gasteiger partial charge in [0.1, 0.15) is 12.1 Å². The molecule has 1 heterocycles. The van der Waals surface area contributed by atoms with Gasteiger partial charge in [0.25, 0.3) is 0 Å². The van der Waals surface area contributed by atoms with Crippen molar-refractivity contribution in [2.24, 2.45) is 0 Å². The summed E-state index contributed by atoms with van der Waals surface area (Å²) in [6.45, 7) is 0. The number of nitrogens with zero attached hydrogens (tertiary/aromatic N) is 1. The fourth-order valence-electron chi connectivity index (χ4n) is 2.70. The van der Waals surface area contributed by atoms with Crippen molar-refractivity contribution < 1.29 is 9.59 Å². The first-order chi connectivity index (χ1) is 12.3. The average molecular weight is 339 g/mol. The number of rotatable bonds is 11. The highest BCUT2D eigenvalue weighted by atomic mass is 16.1. The molecule has 2 rings (SSSR count). The van der Waals surface area contributed by atoms with Gasteiger partial charge in [-0.05, 0) is 30.5 Å². The van der Waals surface area contributed by atoms with Gasteiger partial charge in [-0.3, -0.25) is 4.79 Å². The number of nitrogens with one attached hydrogen (secondary N) is 2. The predicted molar refractivity (Wildman–Crippen MR) is 101 cm³/mol. The fourth-order valence-corrected chi connectivity index (χ4v) is 2.70. The van der Waals surface area contributed by atoms with Crippen LogP contribution in [0, 0.1) is 0 Å². The number of unbranched alkanes of at least 4 members (excludes halogenated alkanes) is 4. The van der Waals surface area contributed by atoms with Gasteiger partial charge in [-0.25, -0.2) is 4.98 Å². The van der Waals surface area contributed by atoms with Gasteiger partial charge in [0.05, 0.1) is 11.9 Å². The summed E-state index contributed by atoms with van der Waals surface area (Å²) in [7, 11) is 1.86. The summed E-state index contributed by atoms with van der Waals surface area (Å²) in [6.07, 6.45) is 11.0. The van der Waals surface area contributed by atoms with E-state index >= 15 is 0 Å². The van der Waals surface area contributed by atoms with Crippen LogP contribution in [-0.4, -0.2) is 29.6 Å². The number of carbonyl (C=O) groups is 2. The van der Waals surface area contributed by atoms with E-state index in [9.17, 15) is 9.59 Å². The fraction of sp³-hybridized carbons (Fsp3) is 0.350. The summed E-state index contributed by atoms with van der Waals surface area (Å²) >= 11 is 0. The van der Waals surface area contributed by atoms with Crippen LogP contribution >= 0.6 is 0 Å². The number of aromatic amines is 1. The molecule has 25 heavy (non-hydrogen) atoms. The largest absolute Gasteiger partial charge is 0.388 e. The molecule has 0 aliphatic rings. The molecule has 0 unspecified atom stereocenters. The van der Waals surface area contributed by atoms with Crippen LogP contribution in [0.15, 0.2) is 30.5 Å². The zero-order valence-corrected chi connectivity index (χ0v) is 14.6. The number of carbonyl (C=O) groups excluding carboxylic acids is 2. The molecule has 132 valence electrons. The van der Waals surface area contributed by atoms with Crippen molar-refractivity contribution in [3.8, 4) is 0 Å². The Morgan fingerprint density at radius 2 is 1.96 bits per heavy atom. The molecule has 0 saturated heterocycles. The van der Waals surface area contributed by atoms with Gasteiger partial charge in [-0.1, -0.05) is 31.0 Å². The Morgan fingerprint density at radius 1 is 1.16 bits per heavy atom. The number of anilines is 1. The Kier molecular flexibility index (Phi) is 7.63. The van der Waals surface area contributed by atoms with E-state index in [0.29, 0.717) is 12.0 Å². The van der Waals surface area contributed by atoms with Crippen molar-refractivity contribution >= 4 is 29.9 Å². The van der Waals surface area contributed by atoms with Gasteiger partial charge in [-0.15, -0.1) is 0 Å². The Morgan fingerprint density at radius 3 is 2.72 bits per heavy atom. The molecule has 2 aromatic rings. The minimum absolute atomic E-state index is 0.576. The maximum Gasteiger partial charge on any atom is 0.152 e. The number of hydrogen-bond acceptors (Lipinski definition) is 4. The second-order valence-electron chi connectivity index (χ2n) is 5.92. The summed E-state index contributed by atoms with van der Waals surface area (Å²) in [6, 6.07) is 7.83. The second kappa shape index (κ2) is 10.2. The number of aryl methyl sites for hydroxylation is 1. The molecule has 0 atom stereocenters. The topological polar surface area (TPSA) is 74.8 Å². The van der Waals surface area contributed by atoms with E-state index in [0.717, 1.165) is 67.4 Å². The number of benzene rings is 1. The van der Waals surface area contributed by atoms with Crippen molar-refractivity contribution in [3.63, 3.8) is 0 Å². The number of aldehydes is 2. The molecule has 0 saturated carbocycles. The molecule has 0 bridgehead atoms. The van der Waals surface area contributed by atoms with Crippen molar-refractivity contribution in [2.75, 3.05) is 12.4 Å². The number of para-hydroxylation sites is 1. The number of imidazole rings is 1. The van der Waals surface area contributed by atoms with Crippen LogP contribution in [0.4, 0.5) is 5.69 Å². The van der Waals surface area contributed by atoms with Crippen LogP contribution in [0.2, 0.25) is 0 Å². The Balaban J connectivity index is 2.00. The van der Waals surface area contributed by atoms with Crippen LogP contribution in [0.3, 0.4) is 0 Å². The molecule has 0 spiro atoms. The molecule has 0 amide bonds. The third-order valence-corrected chi connectivity index (χ3v) is 4.09. The lowest BCUT2D eigenvalue weighted by atomic mass is 10.1. The molecule has 1 aromatic carbocycles. The normalized spacial score (nSPS) is 11.3. The SMILES string of the molecule is CNc1ccccc1/C=C(\C=O)c1cnc(CCCCCCC=O)[nH]1. The standard InChI is InChI=1S/C20H25N3O2/c1-21-18-10-7-6-9-16(18)13-17(15-25)19-14-22-20(23-19)11-5-3-2-4-8-12-24/h6-7,9-10,12-15,21H,2-5,8,11H2,1H3,(H,22,23)/b17-13+. The van der Waals surface area contributed by atoms with Gasteiger partial charge in [0.15, 0.2) is 6.29 Å². The van der Waals surface area contributed by atoms with E-state index in [4.69, 9.17) is 0 Å². The second-order valence-corrected chi connectivity index (χ2v) is 5.92. The first-order valence-electron chi connectivity index (χ1n) is 8.70. The van der Waals surface area contributed by atoms with E-state index < -0.39 is 0 Å². The van der Waals surface area contributed by atoms with Gasteiger partial charge in [0.2, 0.25) is 0 Å². The molecule has 2 N–H and O–H groups in total. The molecular formula is C20H25N3O2. The van der Waals surface area contributed by atoms with Crippen molar-refractivity contribution in [1.29, 1.82) is 0 Å². The summed E-state index contributed by atoms with van der Waals surface area (Å²) in [5.74, 6) is 0.889. The van der Waals surface area contributed by atoms with Crippen LogP contribution in [0.1, 0.15) is 49.2 Å². The molecular weight excluding hydrogens is 314 g/mol. The van der Waals surface area contributed by atoms with E-state index in [-0.39, 0.29) is 0 Å². The third-order valence-electron chi connectivity index (χ3n) is 4.09. The molecule has 5 heteroatoms. The van der Waals surface area contributed by atoms with Crippen LogP contribution < -0.4 is 5.32 Å². The van der Waals surface area contributed by atoms with Gasteiger partial charge in [0, 0.05) is 31.1 Å². The Bertz CT molecular complexity index is 719. The predicted octanol–water partition coefficient (Wildman–Crippen LogP) is 3.88. The summed E-state index contributed by atoms with van der Waals surface area (Å²) in [5.41, 5.74) is 3.24. The van der Waals surface area contributed by atoms with Gasteiger partial charge < -0.3 is 15.1 Å². The number of aromatic nitrogens is 2. The highest BCUT2D eigenvalue weighted by Crippen LogP contribution is 2.21. The van der Waals surface area contributed by atoms with Crippen LogP contribution in [0.25, 0.3) is 11.6 Å². The monoisotopic (exact) mass is 339 g/mol. The van der Waals surface area contributed by atoms with Crippen LogP contribution in [-0.2, 0) is 16.0 Å². The third kappa shape index (κ3) is 5.71. The molecule has 0 aliphatic heterocycles. The lowest BCUT2D eigenvalue weighted by Gasteiger charge is -2.05. The van der Waals surface area contributed by atoms with Gasteiger partial charge in [-0.2, -0.15) is 0 Å². The first kappa shape index (κ1) is 18.6. The average Bonchev–Trinajstić information content (AvgIpc) is 3.11. The van der Waals surface area contributed by atoms with Crippen molar-refractivity contribution in [3.05, 3.63) is 47.5 Å². The maximum absolute atomic E-state index is 11.5. The summed E-state index contributed by atoms with van der Waals surface area (Å²) < 4.78 is 0. The summed E-state index contributed by atoms with van der Waals surface area (Å²) in [4.78, 5) is 29.4. The van der Waals surface area contributed by atoms with Crippen LogP contribution in [0.5, 0.6) is 0 Å². The number of hydrogen-bond donors (Lipinski definition) is 2. The molecule has 1 aromatic heterocycles. The van der Waals surface area contributed by atoms with E-state index in [2.05, 4.69) is 15.3 Å². The molecule has 0 aliphatic carbocycles. The number of H-pyrrole nitrogens is 1. The van der Waals surface area contributed by atoms with E-state index in [1.807, 2.05) is 37.4 Å². The smallest absolute Gasteiger partial charge is 0.152 e. The number of allylic oxidation sites excluding steroid dienone is 1. The molecule has 5 nitrogen and oxygen atoms in total. The molecule has 0 fully saturated rings. The lowest BCUT2D eigenvalue weighted by molar-refractivity contribution is -0.108. The lowest BCUT2D eigenvalue weighted by Crippen LogP contribution is -1.93. The van der Waals surface area contributed by atoms with E-state index in [1.165, 1.54) is 0 Å². The minimum atomic E-state index is 0.576.